The van der Waals surface area contributed by atoms with Crippen LogP contribution in [0.15, 0.2) is 59.9 Å². The molecule has 0 unspecified atom stereocenters. The van der Waals surface area contributed by atoms with Gasteiger partial charge in [-0.15, -0.1) is 0 Å². The number of rotatable bonds is 9. The molecule has 0 atom stereocenters. The molecule has 35 heavy (non-hydrogen) atoms. The first kappa shape index (κ1) is 25.2. The molecule has 2 heterocycles. The van der Waals surface area contributed by atoms with Crippen molar-refractivity contribution in [2.45, 2.75) is 32.4 Å². The molecule has 0 radical (unpaired) electrons. The molecule has 0 saturated carbocycles. The number of aliphatic imine (C=N–C) groups is 1. The van der Waals surface area contributed by atoms with E-state index < -0.39 is 0 Å². The van der Waals surface area contributed by atoms with E-state index in [1.165, 1.54) is 12.1 Å². The van der Waals surface area contributed by atoms with E-state index in [0.717, 1.165) is 37.9 Å². The highest BCUT2D eigenvalue weighted by atomic mass is 35.5. The van der Waals surface area contributed by atoms with Crippen molar-refractivity contribution >= 4 is 35.2 Å². The molecule has 4 N–H and O–H groups in total. The summed E-state index contributed by atoms with van der Waals surface area (Å²) in [4.78, 5) is 9.16. The van der Waals surface area contributed by atoms with E-state index in [1.54, 1.807) is 36.5 Å². The largest absolute Gasteiger partial charge is 0.383 e. The van der Waals surface area contributed by atoms with E-state index >= 15 is 0 Å². The second-order valence-corrected chi connectivity index (χ2v) is 9.44. The number of piperidine rings is 1. The van der Waals surface area contributed by atoms with Gasteiger partial charge >= 0.3 is 0 Å². The molecule has 9 heteroatoms. The van der Waals surface area contributed by atoms with Crippen LogP contribution in [0.4, 0.5) is 10.2 Å². The Balaban J connectivity index is 1.55. The normalized spacial score (nSPS) is 14.5. The van der Waals surface area contributed by atoms with Crippen LogP contribution in [0.2, 0.25) is 10.0 Å². The minimum absolute atomic E-state index is 0.272. The zero-order valence-electron chi connectivity index (χ0n) is 19.4. The quantitative estimate of drug-likeness (QED) is 0.322. The Morgan fingerprint density at radius 3 is 2.57 bits per heavy atom. The summed E-state index contributed by atoms with van der Waals surface area (Å²) in [5, 5.41) is 7.54. The molecular weight excluding hydrogens is 486 g/mol. The molecule has 6 nitrogen and oxygen atoms in total. The summed E-state index contributed by atoms with van der Waals surface area (Å²) in [7, 11) is 0. The minimum Gasteiger partial charge on any atom is -0.383 e. The summed E-state index contributed by atoms with van der Waals surface area (Å²) < 4.78 is 15.1. The van der Waals surface area contributed by atoms with Crippen molar-refractivity contribution in [2.24, 2.45) is 10.9 Å². The zero-order valence-corrected chi connectivity index (χ0v) is 20.9. The molecule has 0 amide bonds. The van der Waals surface area contributed by atoms with Crippen LogP contribution in [-0.4, -0.2) is 28.9 Å². The lowest BCUT2D eigenvalue weighted by molar-refractivity contribution is 0.339. The van der Waals surface area contributed by atoms with Crippen LogP contribution >= 0.6 is 23.2 Å². The highest BCUT2D eigenvalue weighted by molar-refractivity contribution is 6.39. The first-order chi connectivity index (χ1) is 16.9. The number of anilines is 1. The monoisotopic (exact) mass is 514 g/mol. The van der Waals surface area contributed by atoms with Crippen molar-refractivity contribution in [3.63, 3.8) is 0 Å². The molecule has 0 bridgehead atoms. The van der Waals surface area contributed by atoms with E-state index in [1.807, 2.05) is 4.57 Å². The van der Waals surface area contributed by atoms with Crippen LogP contribution in [0.3, 0.4) is 0 Å². The number of nitrogens with one attached hydrogen (secondary N) is 2. The minimum atomic E-state index is -0.272. The van der Waals surface area contributed by atoms with Gasteiger partial charge in [0.1, 0.15) is 29.0 Å². The lowest BCUT2D eigenvalue weighted by Crippen LogP contribution is -2.28. The molecule has 1 saturated heterocycles. The standard InChI is InChI=1S/C26H29Cl2FN6/c1-17(32-15-19-5-7-20(29)8-6-19)33-16-23-25(30)35(14-11-18-9-12-31-13-10-18)26(34-23)24-21(27)3-2-4-22(24)28/h2-8,16,18,31-32H,1,9-15,30H2/b33-16-. The smallest absolute Gasteiger partial charge is 0.145 e. The molecule has 0 spiro atoms. The summed E-state index contributed by atoms with van der Waals surface area (Å²) in [6, 6.07) is 11.6. The second kappa shape index (κ2) is 11.7. The van der Waals surface area contributed by atoms with Gasteiger partial charge in [0.25, 0.3) is 0 Å². The van der Waals surface area contributed by atoms with Crippen LogP contribution in [0.25, 0.3) is 11.4 Å². The Bertz CT molecular complexity index is 1180. The Kier molecular flexibility index (Phi) is 8.44. The number of halogens is 3. The number of imidazole rings is 1. The average Bonchev–Trinajstić information content (AvgIpc) is 3.16. The third kappa shape index (κ3) is 6.42. The molecular formula is C26H29Cl2FN6. The zero-order chi connectivity index (χ0) is 24.8. The van der Waals surface area contributed by atoms with Gasteiger partial charge in [0.05, 0.1) is 21.8 Å². The first-order valence-corrected chi connectivity index (χ1v) is 12.4. The van der Waals surface area contributed by atoms with Gasteiger partial charge in [-0.05, 0) is 68.1 Å². The highest BCUT2D eigenvalue weighted by Crippen LogP contribution is 2.36. The average molecular weight is 515 g/mol. The van der Waals surface area contributed by atoms with Crippen LogP contribution in [0, 0.1) is 11.7 Å². The maximum Gasteiger partial charge on any atom is 0.145 e. The Labute approximate surface area is 215 Å². The first-order valence-electron chi connectivity index (χ1n) is 11.6. The van der Waals surface area contributed by atoms with Crippen LogP contribution in [-0.2, 0) is 13.1 Å². The van der Waals surface area contributed by atoms with Gasteiger partial charge in [-0.3, -0.25) is 0 Å². The summed E-state index contributed by atoms with van der Waals surface area (Å²) in [6.45, 7) is 7.19. The molecule has 184 valence electrons. The molecule has 1 aromatic heterocycles. The van der Waals surface area contributed by atoms with Crippen LogP contribution < -0.4 is 16.4 Å². The van der Waals surface area contributed by atoms with Gasteiger partial charge in [-0.2, -0.15) is 0 Å². The Morgan fingerprint density at radius 1 is 1.20 bits per heavy atom. The number of nitrogens with zero attached hydrogens (tertiary/aromatic N) is 3. The van der Waals surface area contributed by atoms with Crippen molar-refractivity contribution in [1.29, 1.82) is 0 Å². The molecule has 3 aromatic rings. The van der Waals surface area contributed by atoms with Gasteiger partial charge in [0, 0.05) is 13.1 Å². The lowest BCUT2D eigenvalue weighted by atomic mass is 9.94. The number of nitrogens with two attached hydrogens (primary N) is 1. The fourth-order valence-electron chi connectivity index (χ4n) is 4.18. The van der Waals surface area contributed by atoms with Crippen LogP contribution in [0.1, 0.15) is 30.5 Å². The van der Waals surface area contributed by atoms with Crippen LogP contribution in [0.5, 0.6) is 0 Å². The van der Waals surface area contributed by atoms with Gasteiger partial charge in [0.2, 0.25) is 0 Å². The molecule has 1 fully saturated rings. The fraction of sp³-hybridized carbons (Fsp3) is 0.308. The number of aromatic nitrogens is 2. The topological polar surface area (TPSA) is 80.3 Å². The summed E-state index contributed by atoms with van der Waals surface area (Å²) in [6.07, 6.45) is 4.86. The summed E-state index contributed by atoms with van der Waals surface area (Å²) in [5.41, 5.74) is 8.64. The SMILES string of the molecule is C=C(/N=C\c1nc(-c2c(Cl)cccc2Cl)n(CCC2CCNCC2)c1N)NCc1ccc(F)cc1. The molecule has 1 aliphatic rings. The Hall–Kier alpha value is -2.87. The lowest BCUT2D eigenvalue weighted by Gasteiger charge is -2.23. The maximum atomic E-state index is 13.1. The van der Waals surface area contributed by atoms with Crippen molar-refractivity contribution < 1.29 is 4.39 Å². The van der Waals surface area contributed by atoms with E-state index in [2.05, 4.69) is 22.2 Å². The predicted molar refractivity (Wildman–Crippen MR) is 142 cm³/mol. The Morgan fingerprint density at radius 2 is 1.89 bits per heavy atom. The van der Waals surface area contributed by atoms with Crippen molar-refractivity contribution in [3.05, 3.63) is 82.0 Å². The highest BCUT2D eigenvalue weighted by Gasteiger charge is 2.21. The molecule has 1 aliphatic heterocycles. The van der Waals surface area contributed by atoms with Crippen molar-refractivity contribution in [2.75, 3.05) is 18.8 Å². The molecule has 2 aromatic carbocycles. The van der Waals surface area contributed by atoms with Crippen molar-refractivity contribution in [3.8, 4) is 11.4 Å². The van der Waals surface area contributed by atoms with E-state index in [0.29, 0.717) is 57.8 Å². The summed E-state index contributed by atoms with van der Waals surface area (Å²) in [5.74, 6) is 1.92. The van der Waals surface area contributed by atoms with E-state index in [4.69, 9.17) is 33.9 Å². The van der Waals surface area contributed by atoms with Crippen molar-refractivity contribution in [1.82, 2.24) is 20.2 Å². The van der Waals surface area contributed by atoms with E-state index in [9.17, 15) is 4.39 Å². The fourth-order valence-corrected chi connectivity index (χ4v) is 4.75. The summed E-state index contributed by atoms with van der Waals surface area (Å²) >= 11 is 13.0. The van der Waals surface area contributed by atoms with Gasteiger partial charge < -0.3 is 20.9 Å². The number of benzene rings is 2. The third-order valence-electron chi connectivity index (χ3n) is 6.19. The number of nitrogen functional groups attached to an aromatic ring is 1. The third-order valence-corrected chi connectivity index (χ3v) is 6.82. The second-order valence-electron chi connectivity index (χ2n) is 8.62. The maximum absolute atomic E-state index is 13.1. The molecule has 0 aliphatic carbocycles. The van der Waals surface area contributed by atoms with E-state index in [-0.39, 0.29) is 5.82 Å². The number of hydrogen-bond acceptors (Lipinski definition) is 5. The molecule has 4 rings (SSSR count). The van der Waals surface area contributed by atoms with Gasteiger partial charge in [0.15, 0.2) is 0 Å². The van der Waals surface area contributed by atoms with Gasteiger partial charge in [-0.1, -0.05) is 48.0 Å². The predicted octanol–water partition coefficient (Wildman–Crippen LogP) is 5.65. The number of hydrogen-bond donors (Lipinski definition) is 3. The van der Waals surface area contributed by atoms with Gasteiger partial charge in [-0.25, -0.2) is 14.4 Å².